The van der Waals surface area contributed by atoms with Gasteiger partial charge in [-0.2, -0.15) is 0 Å². The maximum atomic E-state index is 12.7. The summed E-state index contributed by atoms with van der Waals surface area (Å²) >= 11 is 0. The van der Waals surface area contributed by atoms with Crippen LogP contribution in [0.25, 0.3) is 0 Å². The monoisotopic (exact) mass is 558 g/mol. The number of piperidine rings is 1. The second-order valence-corrected chi connectivity index (χ2v) is 12.3. The second-order valence-electron chi connectivity index (χ2n) is 12.3. The van der Waals surface area contributed by atoms with Gasteiger partial charge in [0.15, 0.2) is 0 Å². The molecule has 2 unspecified atom stereocenters. The zero-order chi connectivity index (χ0) is 28.6. The van der Waals surface area contributed by atoms with Crippen molar-refractivity contribution in [1.82, 2.24) is 20.9 Å². The average molecular weight is 559 g/mol. The van der Waals surface area contributed by atoms with Gasteiger partial charge in [0.25, 0.3) is 0 Å². The minimum atomic E-state index is -0.448. The van der Waals surface area contributed by atoms with Crippen LogP contribution < -0.4 is 16.0 Å². The first kappa shape index (κ1) is 30.4. The van der Waals surface area contributed by atoms with E-state index in [1.165, 1.54) is 72.3 Å². The number of amides is 2. The van der Waals surface area contributed by atoms with Gasteiger partial charge in [0.1, 0.15) is 0 Å². The molecule has 0 aromatic carbocycles. The maximum Gasteiger partial charge on any atom is 0.336 e. The van der Waals surface area contributed by atoms with Crippen LogP contribution in [0.4, 0.5) is 4.79 Å². The van der Waals surface area contributed by atoms with E-state index in [0.717, 1.165) is 37.6 Å². The highest BCUT2D eigenvalue weighted by Gasteiger charge is 2.44. The minimum absolute atomic E-state index is 0.0111. The quantitative estimate of drug-likeness (QED) is 0.287. The smallest absolute Gasteiger partial charge is 0.336 e. The average Bonchev–Trinajstić information content (AvgIpc) is 3.43. The summed E-state index contributed by atoms with van der Waals surface area (Å²) < 4.78 is 10.2. The number of dihydropyridines is 1. The van der Waals surface area contributed by atoms with Crippen molar-refractivity contribution >= 4 is 18.0 Å². The summed E-state index contributed by atoms with van der Waals surface area (Å²) in [5, 5.41) is 9.31. The SMILES string of the molecule is COC(=O)C1=C(C)NC(C)=C(C(=O)OC)C1C1CCC(NC(=O)NCCCN2CCC(C3CCCCC3)CC2)C1. The van der Waals surface area contributed by atoms with E-state index in [1.807, 2.05) is 13.8 Å². The summed E-state index contributed by atoms with van der Waals surface area (Å²) in [6.45, 7) is 7.72. The summed E-state index contributed by atoms with van der Waals surface area (Å²) in [4.78, 5) is 40.7. The van der Waals surface area contributed by atoms with Crippen LogP contribution in [0, 0.1) is 23.7 Å². The highest BCUT2D eigenvalue weighted by atomic mass is 16.5. The first-order valence-electron chi connectivity index (χ1n) is 15.4. The molecule has 0 bridgehead atoms. The Kier molecular flexibility index (Phi) is 10.9. The van der Waals surface area contributed by atoms with Crippen molar-refractivity contribution in [2.45, 2.75) is 90.5 Å². The fourth-order valence-electron chi connectivity index (χ4n) is 7.72. The molecule has 0 aromatic rings. The highest BCUT2D eigenvalue weighted by Crippen LogP contribution is 2.43. The van der Waals surface area contributed by atoms with E-state index in [4.69, 9.17) is 9.47 Å². The van der Waals surface area contributed by atoms with Crippen molar-refractivity contribution in [2.24, 2.45) is 23.7 Å². The Morgan fingerprint density at radius 1 is 0.825 bits per heavy atom. The molecule has 2 amide bonds. The molecular weight excluding hydrogens is 508 g/mol. The molecule has 9 heteroatoms. The Hall–Kier alpha value is -2.55. The first-order chi connectivity index (χ1) is 19.3. The van der Waals surface area contributed by atoms with Crippen LogP contribution in [0.1, 0.15) is 84.5 Å². The van der Waals surface area contributed by atoms with Crippen LogP contribution in [-0.4, -0.2) is 69.3 Å². The molecule has 3 fully saturated rings. The van der Waals surface area contributed by atoms with Gasteiger partial charge in [-0.05, 0) is 89.8 Å². The molecule has 4 aliphatic rings. The van der Waals surface area contributed by atoms with Crippen molar-refractivity contribution < 1.29 is 23.9 Å². The van der Waals surface area contributed by atoms with Gasteiger partial charge < -0.3 is 30.3 Å². The number of methoxy groups -OCH3 is 2. The number of ether oxygens (including phenoxy) is 2. The number of carbonyl (C=O) groups is 3. The van der Waals surface area contributed by atoms with E-state index in [0.29, 0.717) is 35.5 Å². The molecule has 40 heavy (non-hydrogen) atoms. The van der Waals surface area contributed by atoms with Gasteiger partial charge in [0.2, 0.25) is 0 Å². The Bertz CT molecular complexity index is 940. The highest BCUT2D eigenvalue weighted by molar-refractivity contribution is 5.97. The number of nitrogens with zero attached hydrogens (tertiary/aromatic N) is 1. The molecular formula is C31H50N4O5. The number of carbonyl (C=O) groups excluding carboxylic acids is 3. The third kappa shape index (κ3) is 7.39. The van der Waals surface area contributed by atoms with E-state index in [1.54, 1.807) is 0 Å². The third-order valence-electron chi connectivity index (χ3n) is 9.78. The summed E-state index contributed by atoms with van der Waals surface area (Å²) in [7, 11) is 2.71. The lowest BCUT2D eigenvalue weighted by molar-refractivity contribution is -0.138. The largest absolute Gasteiger partial charge is 0.466 e. The number of nitrogens with one attached hydrogen (secondary N) is 3. The van der Waals surface area contributed by atoms with Gasteiger partial charge in [-0.15, -0.1) is 0 Å². The summed E-state index contributed by atoms with van der Waals surface area (Å²) in [6, 6.07) is -0.163. The molecule has 224 valence electrons. The first-order valence-corrected chi connectivity index (χ1v) is 15.4. The number of rotatable bonds is 9. The van der Waals surface area contributed by atoms with Crippen LogP contribution in [0.2, 0.25) is 0 Å². The van der Waals surface area contributed by atoms with Crippen LogP contribution >= 0.6 is 0 Å². The Balaban J connectivity index is 1.21. The summed E-state index contributed by atoms with van der Waals surface area (Å²) in [5.74, 6) is 0.569. The van der Waals surface area contributed by atoms with E-state index in [-0.39, 0.29) is 18.0 Å². The van der Waals surface area contributed by atoms with E-state index < -0.39 is 17.9 Å². The Morgan fingerprint density at radius 3 is 2.02 bits per heavy atom. The lowest BCUT2D eigenvalue weighted by Crippen LogP contribution is -2.43. The topological polar surface area (TPSA) is 109 Å². The van der Waals surface area contributed by atoms with Crippen LogP contribution in [0.15, 0.2) is 22.5 Å². The van der Waals surface area contributed by atoms with Gasteiger partial charge in [-0.3, -0.25) is 0 Å². The van der Waals surface area contributed by atoms with E-state index >= 15 is 0 Å². The van der Waals surface area contributed by atoms with E-state index in [2.05, 4.69) is 20.9 Å². The normalized spacial score (nSPS) is 25.5. The van der Waals surface area contributed by atoms with Gasteiger partial charge in [-0.1, -0.05) is 32.1 Å². The molecule has 1 saturated heterocycles. The molecule has 2 heterocycles. The molecule has 2 atom stereocenters. The molecule has 0 spiro atoms. The molecule has 4 rings (SSSR count). The zero-order valence-electron chi connectivity index (χ0n) is 25.0. The Morgan fingerprint density at radius 2 is 1.43 bits per heavy atom. The minimum Gasteiger partial charge on any atom is -0.466 e. The summed E-state index contributed by atoms with van der Waals surface area (Å²) in [5.41, 5.74) is 2.31. The fraction of sp³-hybridized carbons (Fsp3) is 0.774. The van der Waals surface area contributed by atoms with Crippen LogP contribution in [0.3, 0.4) is 0 Å². The molecule has 2 saturated carbocycles. The van der Waals surface area contributed by atoms with Crippen LogP contribution in [-0.2, 0) is 19.1 Å². The molecule has 2 aliphatic heterocycles. The standard InChI is InChI=1S/C31H50N4O5/c1-20-26(29(36)39-3)28(27(21(2)33-20)30(37)40-4)24-11-12-25(19-24)34-31(38)32-15-8-16-35-17-13-23(14-18-35)22-9-6-5-7-10-22/h22-25,28,33H,5-19H2,1-4H3,(H2,32,34,38). The van der Waals surface area contributed by atoms with Gasteiger partial charge in [0.05, 0.1) is 25.4 Å². The molecule has 9 nitrogen and oxygen atoms in total. The summed E-state index contributed by atoms with van der Waals surface area (Å²) in [6.07, 6.45) is 13.0. The second kappa shape index (κ2) is 14.4. The fourth-order valence-corrected chi connectivity index (χ4v) is 7.72. The number of hydrogen-bond acceptors (Lipinski definition) is 7. The van der Waals surface area contributed by atoms with Crippen molar-refractivity contribution in [3.63, 3.8) is 0 Å². The number of esters is 2. The number of hydrogen-bond donors (Lipinski definition) is 3. The maximum absolute atomic E-state index is 12.7. The number of likely N-dealkylation sites (tertiary alicyclic amines) is 1. The van der Waals surface area contributed by atoms with Gasteiger partial charge in [-0.25, -0.2) is 14.4 Å². The van der Waals surface area contributed by atoms with Crippen LogP contribution in [0.5, 0.6) is 0 Å². The van der Waals surface area contributed by atoms with Crippen molar-refractivity contribution in [2.75, 3.05) is 40.4 Å². The predicted molar refractivity (Wildman–Crippen MR) is 154 cm³/mol. The molecule has 0 aromatic heterocycles. The zero-order valence-corrected chi connectivity index (χ0v) is 25.0. The van der Waals surface area contributed by atoms with E-state index in [9.17, 15) is 14.4 Å². The molecule has 3 N–H and O–H groups in total. The predicted octanol–water partition coefficient (Wildman–Crippen LogP) is 4.25. The van der Waals surface area contributed by atoms with Gasteiger partial charge >= 0.3 is 18.0 Å². The number of urea groups is 1. The molecule has 0 radical (unpaired) electrons. The number of allylic oxidation sites excluding steroid dienone is 2. The van der Waals surface area contributed by atoms with Crippen molar-refractivity contribution in [3.05, 3.63) is 22.5 Å². The third-order valence-corrected chi connectivity index (χ3v) is 9.78. The van der Waals surface area contributed by atoms with Crippen molar-refractivity contribution in [1.29, 1.82) is 0 Å². The Labute approximate surface area is 239 Å². The lowest BCUT2D eigenvalue weighted by Gasteiger charge is -2.37. The lowest BCUT2D eigenvalue weighted by atomic mass is 9.75. The van der Waals surface area contributed by atoms with Crippen molar-refractivity contribution in [3.8, 4) is 0 Å². The van der Waals surface area contributed by atoms with Gasteiger partial charge in [0, 0.05) is 29.9 Å². The molecule has 2 aliphatic carbocycles.